The van der Waals surface area contributed by atoms with Gasteiger partial charge in [-0.15, -0.1) is 11.3 Å². The van der Waals surface area contributed by atoms with Crippen LogP contribution in [0.15, 0.2) is 35.7 Å². The van der Waals surface area contributed by atoms with E-state index in [0.717, 1.165) is 16.1 Å². The number of anilines is 1. The van der Waals surface area contributed by atoms with Gasteiger partial charge in [-0.05, 0) is 42.1 Å². The quantitative estimate of drug-likeness (QED) is 0.887. The molecule has 18 heavy (non-hydrogen) atoms. The zero-order valence-corrected chi connectivity index (χ0v) is 11.3. The third-order valence-corrected chi connectivity index (χ3v) is 3.64. The normalized spacial score (nSPS) is 10.1. The third kappa shape index (κ3) is 2.90. The van der Waals surface area contributed by atoms with Gasteiger partial charge in [0.2, 0.25) is 0 Å². The molecule has 0 aliphatic carbocycles. The summed E-state index contributed by atoms with van der Waals surface area (Å²) in [7, 11) is 1.87. The summed E-state index contributed by atoms with van der Waals surface area (Å²) >= 11 is 1.64. The molecule has 2 N–H and O–H groups in total. The number of thiophene rings is 1. The second-order valence-electron chi connectivity index (χ2n) is 4.04. The Morgan fingerprint density at radius 3 is 2.78 bits per heavy atom. The molecule has 0 radical (unpaired) electrons. The van der Waals surface area contributed by atoms with Gasteiger partial charge >= 0.3 is 0 Å². The number of amides is 1. The van der Waals surface area contributed by atoms with E-state index in [9.17, 15) is 4.79 Å². The fraction of sp³-hybridized carbons (Fsp3) is 0.214. The van der Waals surface area contributed by atoms with Crippen LogP contribution in [0.5, 0.6) is 0 Å². The van der Waals surface area contributed by atoms with Gasteiger partial charge in [-0.2, -0.15) is 0 Å². The highest BCUT2D eigenvalue weighted by molar-refractivity contribution is 7.09. The van der Waals surface area contributed by atoms with E-state index in [1.165, 1.54) is 0 Å². The average Bonchev–Trinajstić information content (AvgIpc) is 2.89. The minimum absolute atomic E-state index is 0.0332. The molecule has 2 rings (SSSR count). The summed E-state index contributed by atoms with van der Waals surface area (Å²) in [6, 6.07) is 9.66. The fourth-order valence-corrected chi connectivity index (χ4v) is 2.41. The van der Waals surface area contributed by atoms with Crippen LogP contribution in [-0.2, 0) is 6.54 Å². The molecule has 0 aliphatic rings. The second kappa shape index (κ2) is 5.69. The maximum Gasteiger partial charge on any atom is 0.251 e. The first-order valence-corrected chi connectivity index (χ1v) is 6.67. The van der Waals surface area contributed by atoms with Crippen molar-refractivity contribution in [3.05, 3.63) is 51.7 Å². The minimum Gasteiger partial charge on any atom is -0.388 e. The second-order valence-corrected chi connectivity index (χ2v) is 5.07. The van der Waals surface area contributed by atoms with Crippen LogP contribution in [0.4, 0.5) is 5.69 Å². The number of carbonyl (C=O) groups is 1. The van der Waals surface area contributed by atoms with Crippen LogP contribution in [0, 0.1) is 6.92 Å². The van der Waals surface area contributed by atoms with Gasteiger partial charge in [0, 0.05) is 23.2 Å². The maximum absolute atomic E-state index is 12.0. The molecule has 2 aromatic rings. The van der Waals surface area contributed by atoms with E-state index in [2.05, 4.69) is 10.6 Å². The molecule has 0 aliphatic heterocycles. The summed E-state index contributed by atoms with van der Waals surface area (Å²) in [5.74, 6) is -0.0332. The number of rotatable bonds is 4. The van der Waals surface area contributed by atoms with E-state index < -0.39 is 0 Å². The molecule has 1 aromatic heterocycles. The van der Waals surface area contributed by atoms with Crippen molar-refractivity contribution in [1.82, 2.24) is 5.32 Å². The van der Waals surface area contributed by atoms with Crippen molar-refractivity contribution in [3.8, 4) is 0 Å². The van der Waals surface area contributed by atoms with Gasteiger partial charge in [-0.25, -0.2) is 0 Å². The molecule has 1 heterocycles. The van der Waals surface area contributed by atoms with Crippen molar-refractivity contribution in [3.63, 3.8) is 0 Å². The number of carbonyl (C=O) groups excluding carboxylic acids is 1. The van der Waals surface area contributed by atoms with Crippen LogP contribution >= 0.6 is 11.3 Å². The predicted molar refractivity (Wildman–Crippen MR) is 76.2 cm³/mol. The van der Waals surface area contributed by atoms with Crippen LogP contribution < -0.4 is 10.6 Å². The number of nitrogens with one attached hydrogen (secondary N) is 2. The minimum atomic E-state index is -0.0332. The largest absolute Gasteiger partial charge is 0.388 e. The van der Waals surface area contributed by atoms with Gasteiger partial charge in [0.25, 0.3) is 5.91 Å². The van der Waals surface area contributed by atoms with Crippen LogP contribution in [0.3, 0.4) is 0 Å². The molecule has 1 aromatic carbocycles. The van der Waals surface area contributed by atoms with Gasteiger partial charge < -0.3 is 10.6 Å². The van der Waals surface area contributed by atoms with E-state index in [-0.39, 0.29) is 5.91 Å². The van der Waals surface area contributed by atoms with E-state index in [4.69, 9.17) is 0 Å². The molecule has 3 nitrogen and oxygen atoms in total. The van der Waals surface area contributed by atoms with Crippen LogP contribution in [0.2, 0.25) is 0 Å². The van der Waals surface area contributed by atoms with Gasteiger partial charge in [-0.1, -0.05) is 6.07 Å². The van der Waals surface area contributed by atoms with E-state index in [1.54, 1.807) is 11.3 Å². The van der Waals surface area contributed by atoms with Crippen molar-refractivity contribution in [2.24, 2.45) is 0 Å². The summed E-state index contributed by atoms with van der Waals surface area (Å²) in [4.78, 5) is 13.1. The Hall–Kier alpha value is -1.81. The van der Waals surface area contributed by atoms with Gasteiger partial charge in [0.05, 0.1) is 6.54 Å². The lowest BCUT2D eigenvalue weighted by Gasteiger charge is -2.08. The molecule has 0 spiro atoms. The van der Waals surface area contributed by atoms with Crippen molar-refractivity contribution >= 4 is 22.9 Å². The number of hydrogen-bond donors (Lipinski definition) is 2. The molecular formula is C14H16N2OS. The molecule has 0 atom stereocenters. The van der Waals surface area contributed by atoms with Crippen molar-refractivity contribution in [2.75, 3.05) is 12.4 Å². The van der Waals surface area contributed by atoms with Crippen molar-refractivity contribution in [2.45, 2.75) is 13.5 Å². The SMILES string of the molecule is CNc1ccc(C(=O)NCc2cccs2)cc1C. The molecular weight excluding hydrogens is 244 g/mol. The smallest absolute Gasteiger partial charge is 0.251 e. The Balaban J connectivity index is 2.02. The molecule has 0 fully saturated rings. The Morgan fingerprint density at radius 1 is 1.33 bits per heavy atom. The highest BCUT2D eigenvalue weighted by Crippen LogP contribution is 2.16. The van der Waals surface area contributed by atoms with Gasteiger partial charge in [0.1, 0.15) is 0 Å². The first-order valence-electron chi connectivity index (χ1n) is 5.79. The van der Waals surface area contributed by atoms with Crippen LogP contribution in [0.1, 0.15) is 20.8 Å². The lowest BCUT2D eigenvalue weighted by Crippen LogP contribution is -2.22. The summed E-state index contributed by atoms with van der Waals surface area (Å²) in [5.41, 5.74) is 2.81. The first-order chi connectivity index (χ1) is 8.70. The summed E-state index contributed by atoms with van der Waals surface area (Å²) in [5, 5.41) is 8.01. The Bertz CT molecular complexity index is 535. The molecule has 1 amide bonds. The fourth-order valence-electron chi connectivity index (χ4n) is 1.77. The highest BCUT2D eigenvalue weighted by atomic mass is 32.1. The van der Waals surface area contributed by atoms with Crippen LogP contribution in [-0.4, -0.2) is 13.0 Å². The Morgan fingerprint density at radius 2 is 2.17 bits per heavy atom. The molecule has 0 saturated heterocycles. The van der Waals surface area contributed by atoms with Gasteiger partial charge in [0.15, 0.2) is 0 Å². The molecule has 0 bridgehead atoms. The zero-order valence-electron chi connectivity index (χ0n) is 10.5. The van der Waals surface area contributed by atoms with E-state index >= 15 is 0 Å². The molecule has 94 valence electrons. The average molecular weight is 260 g/mol. The lowest BCUT2D eigenvalue weighted by molar-refractivity contribution is 0.0951. The zero-order chi connectivity index (χ0) is 13.0. The Labute approximate surface area is 111 Å². The van der Waals surface area contributed by atoms with E-state index in [0.29, 0.717) is 12.1 Å². The van der Waals surface area contributed by atoms with Crippen LogP contribution in [0.25, 0.3) is 0 Å². The highest BCUT2D eigenvalue weighted by Gasteiger charge is 2.07. The molecule has 0 unspecified atom stereocenters. The Kier molecular flexibility index (Phi) is 3.99. The van der Waals surface area contributed by atoms with Gasteiger partial charge in [-0.3, -0.25) is 4.79 Å². The monoisotopic (exact) mass is 260 g/mol. The van der Waals surface area contributed by atoms with E-state index in [1.807, 2.05) is 49.7 Å². The lowest BCUT2D eigenvalue weighted by atomic mass is 10.1. The summed E-state index contributed by atoms with van der Waals surface area (Å²) in [6.07, 6.45) is 0. The standard InChI is InChI=1S/C14H16N2OS/c1-10-8-11(5-6-13(10)15-2)14(17)16-9-12-4-3-7-18-12/h3-8,15H,9H2,1-2H3,(H,16,17). The molecule has 0 saturated carbocycles. The maximum atomic E-state index is 12.0. The number of benzene rings is 1. The first kappa shape index (κ1) is 12.6. The molecule has 4 heteroatoms. The number of hydrogen-bond acceptors (Lipinski definition) is 3. The summed E-state index contributed by atoms with van der Waals surface area (Å²) < 4.78 is 0. The van der Waals surface area contributed by atoms with Crippen molar-refractivity contribution < 1.29 is 4.79 Å². The number of aryl methyl sites for hydroxylation is 1. The topological polar surface area (TPSA) is 41.1 Å². The third-order valence-electron chi connectivity index (χ3n) is 2.76. The van der Waals surface area contributed by atoms with Crippen molar-refractivity contribution in [1.29, 1.82) is 0 Å². The summed E-state index contributed by atoms with van der Waals surface area (Å²) in [6.45, 7) is 2.57. The predicted octanol–water partition coefficient (Wildman–Crippen LogP) is 3.03.